The lowest BCUT2D eigenvalue weighted by molar-refractivity contribution is -0.0300. The van der Waals surface area contributed by atoms with E-state index in [2.05, 4.69) is 30.2 Å². The molecule has 4 heterocycles. The van der Waals surface area contributed by atoms with Crippen LogP contribution < -0.4 is 10.2 Å². The number of β-amino-alcohol motifs (C(OH)–C–C–N with tert-alkyl or cyclic N) is 1. The average Bonchev–Trinajstić information content (AvgIpc) is 3.10. The highest BCUT2D eigenvalue weighted by Gasteiger charge is 2.33. The Labute approximate surface area is 199 Å². The number of aliphatic hydroxyl groups excluding tert-OH is 1. The number of likely N-dealkylation sites (tertiary alicyclic amines) is 1. The molecule has 0 radical (unpaired) electrons. The van der Waals surface area contributed by atoms with E-state index in [-0.39, 0.29) is 17.2 Å². The minimum absolute atomic E-state index is 0.0633. The first kappa shape index (κ1) is 22.5. The Morgan fingerprint density at radius 1 is 1.15 bits per heavy atom. The summed E-state index contributed by atoms with van der Waals surface area (Å²) in [7, 11) is 0. The zero-order chi connectivity index (χ0) is 23.1. The summed E-state index contributed by atoms with van der Waals surface area (Å²) in [5.41, 5.74) is 1.97. The molecule has 2 aliphatic heterocycles. The number of rotatable bonds is 6. The van der Waals surface area contributed by atoms with Crippen molar-refractivity contribution in [2.24, 2.45) is 0 Å². The summed E-state index contributed by atoms with van der Waals surface area (Å²) in [6.07, 6.45) is 2.30. The van der Waals surface area contributed by atoms with E-state index in [9.17, 15) is 13.9 Å². The van der Waals surface area contributed by atoms with Crippen molar-refractivity contribution in [3.63, 3.8) is 0 Å². The smallest absolute Gasteiger partial charge is 0.257 e. The van der Waals surface area contributed by atoms with E-state index < -0.39 is 13.0 Å². The summed E-state index contributed by atoms with van der Waals surface area (Å²) in [5.74, 6) is 0.282. The van der Waals surface area contributed by atoms with E-state index in [1.54, 1.807) is 6.20 Å². The maximum absolute atomic E-state index is 12.6. The number of hydrogen-bond acceptors (Lipinski definition) is 7. The molecule has 0 saturated carbocycles. The zero-order valence-electron chi connectivity index (χ0n) is 17.6. The lowest BCUT2D eigenvalue weighted by atomic mass is 9.98. The summed E-state index contributed by atoms with van der Waals surface area (Å²) in [6, 6.07) is 4.29. The van der Waals surface area contributed by atoms with Gasteiger partial charge in [-0.15, -0.1) is 0 Å². The molecule has 1 aromatic carbocycles. The van der Waals surface area contributed by atoms with Crippen LogP contribution in [0.1, 0.15) is 12.8 Å². The van der Waals surface area contributed by atoms with Gasteiger partial charge in [-0.2, -0.15) is 5.10 Å². The van der Waals surface area contributed by atoms with Crippen molar-refractivity contribution in [2.45, 2.75) is 38.0 Å². The summed E-state index contributed by atoms with van der Waals surface area (Å²) in [6.45, 7) is 2.68. The third-order valence-electron chi connectivity index (χ3n) is 6.19. The van der Waals surface area contributed by atoms with Gasteiger partial charge in [-0.1, -0.05) is 23.2 Å². The predicted octanol–water partition coefficient (Wildman–Crippen LogP) is 3.79. The third-order valence-corrected chi connectivity index (χ3v) is 6.89. The Kier molecular flexibility index (Phi) is 6.26. The van der Waals surface area contributed by atoms with Gasteiger partial charge in [0.2, 0.25) is 5.95 Å². The molecule has 8 nitrogen and oxygen atoms in total. The van der Waals surface area contributed by atoms with Gasteiger partial charge in [0, 0.05) is 43.8 Å². The number of halogens is 4. The monoisotopic (exact) mass is 497 g/mol. The Balaban J connectivity index is 1.32. The van der Waals surface area contributed by atoms with Crippen LogP contribution in [0.15, 0.2) is 24.5 Å². The molecular formula is C21H23Cl2F2N7O. The first-order chi connectivity index (χ1) is 15.9. The quantitative estimate of drug-likeness (QED) is 0.535. The number of piperidine rings is 1. The molecule has 12 heteroatoms. The number of benzene rings is 1. The molecule has 0 aliphatic carbocycles. The van der Waals surface area contributed by atoms with Gasteiger partial charge in [0.25, 0.3) is 6.43 Å². The topological polar surface area (TPSA) is 82.3 Å². The van der Waals surface area contributed by atoms with E-state index >= 15 is 0 Å². The van der Waals surface area contributed by atoms with E-state index in [0.717, 1.165) is 54.8 Å². The Morgan fingerprint density at radius 3 is 2.61 bits per heavy atom. The number of fused-ring (bicyclic) bond motifs is 1. The molecule has 33 heavy (non-hydrogen) atoms. The van der Waals surface area contributed by atoms with Crippen LogP contribution in [0.25, 0.3) is 10.9 Å². The first-order valence-corrected chi connectivity index (χ1v) is 11.5. The van der Waals surface area contributed by atoms with Gasteiger partial charge in [-0.05, 0) is 25.0 Å². The number of alkyl halides is 2. The molecule has 0 unspecified atom stereocenters. The highest BCUT2D eigenvalue weighted by molar-refractivity contribution is 6.34. The van der Waals surface area contributed by atoms with Crippen LogP contribution in [0.5, 0.6) is 0 Å². The second kappa shape index (κ2) is 9.17. The summed E-state index contributed by atoms with van der Waals surface area (Å²) in [5, 5.41) is 17.9. The van der Waals surface area contributed by atoms with Gasteiger partial charge in [0.1, 0.15) is 6.54 Å². The van der Waals surface area contributed by atoms with Crippen molar-refractivity contribution < 1.29 is 13.9 Å². The van der Waals surface area contributed by atoms with Crippen molar-refractivity contribution >= 4 is 51.4 Å². The van der Waals surface area contributed by atoms with Crippen LogP contribution >= 0.6 is 23.2 Å². The number of nitrogens with zero attached hydrogens (tertiary/aromatic N) is 6. The van der Waals surface area contributed by atoms with Crippen LogP contribution in [0.3, 0.4) is 0 Å². The fourth-order valence-electron chi connectivity index (χ4n) is 4.43. The maximum atomic E-state index is 12.6. The highest BCUT2D eigenvalue weighted by Crippen LogP contribution is 2.34. The van der Waals surface area contributed by atoms with Crippen molar-refractivity contribution in [3.8, 4) is 0 Å². The number of anilines is 3. The molecule has 0 amide bonds. The van der Waals surface area contributed by atoms with Gasteiger partial charge in [0.05, 0.1) is 34.2 Å². The predicted molar refractivity (Wildman–Crippen MR) is 124 cm³/mol. The van der Waals surface area contributed by atoms with Gasteiger partial charge in [0.15, 0.2) is 5.15 Å². The number of nitrogens with one attached hydrogen (secondary N) is 1. The minimum Gasteiger partial charge on any atom is -0.390 e. The summed E-state index contributed by atoms with van der Waals surface area (Å²) >= 11 is 12.7. The zero-order valence-corrected chi connectivity index (χ0v) is 19.1. The fourth-order valence-corrected chi connectivity index (χ4v) is 4.93. The molecule has 2 saturated heterocycles. The van der Waals surface area contributed by atoms with Crippen LogP contribution in [0, 0.1) is 0 Å². The Hall–Kier alpha value is -2.27. The Morgan fingerprint density at radius 2 is 1.91 bits per heavy atom. The van der Waals surface area contributed by atoms with Crippen molar-refractivity contribution in [1.29, 1.82) is 0 Å². The number of aliphatic hydroxyl groups is 1. The molecule has 2 N–H and O–H groups in total. The maximum Gasteiger partial charge on any atom is 0.257 e. The van der Waals surface area contributed by atoms with E-state index in [1.807, 2.05) is 12.1 Å². The second-order valence-electron chi connectivity index (χ2n) is 8.43. The third kappa shape index (κ3) is 4.70. The van der Waals surface area contributed by atoms with Crippen molar-refractivity contribution in [2.75, 3.05) is 36.4 Å². The van der Waals surface area contributed by atoms with Gasteiger partial charge in [-0.25, -0.2) is 23.4 Å². The lowest BCUT2D eigenvalue weighted by Gasteiger charge is -2.45. The minimum atomic E-state index is -2.56. The Bertz CT molecular complexity index is 1150. The standard InChI is InChI=1S/C21H23Cl2F2N7O/c22-15-5-12-7-26-21(29-17-8-27-32(20(17)23)11-19(24)25)28-16(12)6-18(15)30-3-1-13(2-4-30)31-9-14(33)10-31/h5-8,13-14,19,33H,1-4,9-11H2,(H,26,28,29). The summed E-state index contributed by atoms with van der Waals surface area (Å²) in [4.78, 5) is 13.4. The molecule has 3 aromatic rings. The van der Waals surface area contributed by atoms with E-state index in [1.165, 1.54) is 6.20 Å². The van der Waals surface area contributed by atoms with Crippen LogP contribution in [-0.2, 0) is 6.54 Å². The lowest BCUT2D eigenvalue weighted by Crippen LogP contribution is -2.57. The highest BCUT2D eigenvalue weighted by atomic mass is 35.5. The number of aromatic nitrogens is 4. The van der Waals surface area contributed by atoms with E-state index in [4.69, 9.17) is 23.2 Å². The van der Waals surface area contributed by atoms with Gasteiger partial charge in [-0.3, -0.25) is 4.90 Å². The normalized spacial score (nSPS) is 18.3. The molecule has 0 spiro atoms. The fraction of sp³-hybridized carbons (Fsp3) is 0.476. The SMILES string of the molecule is OC1CN(C2CCN(c3cc4nc(Nc5cnn(CC(F)F)c5Cl)ncc4cc3Cl)CC2)C1. The summed E-state index contributed by atoms with van der Waals surface area (Å²) < 4.78 is 26.3. The molecule has 0 atom stereocenters. The van der Waals surface area contributed by atoms with Crippen molar-refractivity contribution in [1.82, 2.24) is 24.6 Å². The van der Waals surface area contributed by atoms with Gasteiger partial charge >= 0.3 is 0 Å². The average molecular weight is 498 g/mol. The number of hydrogen-bond donors (Lipinski definition) is 2. The van der Waals surface area contributed by atoms with Gasteiger partial charge < -0.3 is 15.3 Å². The molecule has 2 aliphatic rings. The van der Waals surface area contributed by atoms with Crippen LogP contribution in [-0.4, -0.2) is 74.5 Å². The molecule has 2 fully saturated rings. The van der Waals surface area contributed by atoms with E-state index in [0.29, 0.717) is 22.3 Å². The largest absolute Gasteiger partial charge is 0.390 e. The van der Waals surface area contributed by atoms with Crippen molar-refractivity contribution in [3.05, 3.63) is 34.7 Å². The first-order valence-electron chi connectivity index (χ1n) is 10.8. The van der Waals surface area contributed by atoms with Crippen LogP contribution in [0.2, 0.25) is 10.2 Å². The molecule has 2 aromatic heterocycles. The molecule has 0 bridgehead atoms. The molecule has 5 rings (SSSR count). The van der Waals surface area contributed by atoms with Crippen LogP contribution in [0.4, 0.5) is 26.1 Å². The molecule has 176 valence electrons. The molecular weight excluding hydrogens is 475 g/mol. The second-order valence-corrected chi connectivity index (χ2v) is 9.19.